The molecule has 0 aromatic carbocycles. The Balaban J connectivity index is 1.62. The molecule has 1 fully saturated rings. The summed E-state index contributed by atoms with van der Waals surface area (Å²) in [5.41, 5.74) is 1.09. The van der Waals surface area contributed by atoms with Crippen molar-refractivity contribution in [2.45, 2.75) is 18.6 Å². The van der Waals surface area contributed by atoms with Gasteiger partial charge in [-0.3, -0.25) is 9.88 Å². The van der Waals surface area contributed by atoms with Gasteiger partial charge in [0.25, 0.3) is 0 Å². The van der Waals surface area contributed by atoms with E-state index in [0.29, 0.717) is 19.6 Å². The maximum atomic E-state index is 10.4. The second-order valence-corrected chi connectivity index (χ2v) is 5.74. The van der Waals surface area contributed by atoms with Crippen molar-refractivity contribution in [1.29, 1.82) is 0 Å². The molecule has 21 heavy (non-hydrogen) atoms. The zero-order chi connectivity index (χ0) is 14.7. The highest BCUT2D eigenvalue weighted by Crippen LogP contribution is 2.20. The molecular weight excluding hydrogens is 268 g/mol. The van der Waals surface area contributed by atoms with E-state index >= 15 is 0 Å². The minimum atomic E-state index is -0.638. The fourth-order valence-electron chi connectivity index (χ4n) is 2.73. The first-order valence-corrected chi connectivity index (χ1v) is 7.12. The van der Waals surface area contributed by atoms with Crippen LogP contribution in [0.5, 0.6) is 0 Å². The van der Waals surface area contributed by atoms with Gasteiger partial charge in [-0.1, -0.05) is 5.16 Å². The maximum Gasteiger partial charge on any atom is 0.151 e. The van der Waals surface area contributed by atoms with Crippen LogP contribution in [0.2, 0.25) is 0 Å². The van der Waals surface area contributed by atoms with E-state index in [0.717, 1.165) is 30.0 Å². The van der Waals surface area contributed by atoms with E-state index in [9.17, 15) is 5.11 Å². The Morgan fingerprint density at radius 2 is 2.43 bits per heavy atom. The van der Waals surface area contributed by atoms with Gasteiger partial charge in [-0.05, 0) is 32.1 Å². The summed E-state index contributed by atoms with van der Waals surface area (Å²) in [7, 11) is 1.97. The monoisotopic (exact) mass is 288 g/mol. The lowest BCUT2D eigenvalue weighted by Crippen LogP contribution is -2.42. The summed E-state index contributed by atoms with van der Waals surface area (Å²) in [5, 5.41) is 17.6. The molecule has 0 aliphatic carbocycles. The van der Waals surface area contributed by atoms with Crippen LogP contribution in [0.3, 0.4) is 0 Å². The molecule has 1 aliphatic rings. The van der Waals surface area contributed by atoms with Gasteiger partial charge in [0.15, 0.2) is 5.76 Å². The van der Waals surface area contributed by atoms with Gasteiger partial charge in [-0.15, -0.1) is 0 Å². The van der Waals surface area contributed by atoms with Crippen molar-refractivity contribution in [2.24, 2.45) is 0 Å². The lowest BCUT2D eigenvalue weighted by molar-refractivity contribution is 0.0244. The van der Waals surface area contributed by atoms with E-state index in [1.165, 1.54) is 0 Å². The minimum absolute atomic E-state index is 0.614. The number of hydrogen-bond donors (Lipinski definition) is 2. The van der Waals surface area contributed by atoms with E-state index < -0.39 is 5.60 Å². The van der Waals surface area contributed by atoms with Crippen LogP contribution in [-0.4, -0.2) is 52.4 Å². The molecule has 2 aromatic rings. The van der Waals surface area contributed by atoms with E-state index in [2.05, 4.69) is 20.4 Å². The summed E-state index contributed by atoms with van der Waals surface area (Å²) < 4.78 is 5.37. The number of pyridine rings is 1. The summed E-state index contributed by atoms with van der Waals surface area (Å²) in [6.45, 7) is 2.75. The normalized spacial score (nSPS) is 22.0. The van der Waals surface area contributed by atoms with E-state index in [4.69, 9.17) is 4.52 Å². The average molecular weight is 288 g/mol. The molecule has 0 bridgehead atoms. The van der Waals surface area contributed by atoms with E-state index in [1.54, 1.807) is 12.4 Å². The van der Waals surface area contributed by atoms with Crippen LogP contribution >= 0.6 is 0 Å². The Morgan fingerprint density at radius 1 is 1.52 bits per heavy atom. The van der Waals surface area contributed by atoms with E-state index in [-0.39, 0.29) is 0 Å². The summed E-state index contributed by atoms with van der Waals surface area (Å²) in [4.78, 5) is 6.13. The highest BCUT2D eigenvalue weighted by Gasteiger charge is 2.32. The van der Waals surface area contributed by atoms with Gasteiger partial charge in [-0.2, -0.15) is 0 Å². The van der Waals surface area contributed by atoms with Crippen LogP contribution < -0.4 is 5.32 Å². The van der Waals surface area contributed by atoms with Crippen LogP contribution in [0, 0.1) is 0 Å². The van der Waals surface area contributed by atoms with Crippen molar-refractivity contribution < 1.29 is 9.63 Å². The minimum Gasteiger partial charge on any atom is -0.387 e. The summed E-state index contributed by atoms with van der Waals surface area (Å²) in [6.07, 6.45) is 4.28. The van der Waals surface area contributed by atoms with Crippen molar-refractivity contribution in [3.05, 3.63) is 36.4 Å². The maximum absolute atomic E-state index is 10.4. The predicted molar refractivity (Wildman–Crippen MR) is 78.5 cm³/mol. The Hall–Kier alpha value is -1.76. The molecule has 1 aliphatic heterocycles. The molecule has 3 heterocycles. The van der Waals surface area contributed by atoms with Crippen molar-refractivity contribution >= 4 is 0 Å². The first kappa shape index (κ1) is 14.2. The van der Waals surface area contributed by atoms with Crippen LogP contribution in [0.15, 0.2) is 35.1 Å². The van der Waals surface area contributed by atoms with Crippen LogP contribution in [0.4, 0.5) is 0 Å². The van der Waals surface area contributed by atoms with Crippen LogP contribution in [0.1, 0.15) is 12.2 Å². The van der Waals surface area contributed by atoms with Crippen molar-refractivity contribution in [1.82, 2.24) is 20.4 Å². The second-order valence-electron chi connectivity index (χ2n) is 5.74. The highest BCUT2D eigenvalue weighted by atomic mass is 16.5. The molecule has 2 N–H and O–H groups in total. The number of rotatable bonds is 5. The van der Waals surface area contributed by atoms with Crippen LogP contribution in [-0.2, 0) is 6.54 Å². The molecule has 2 aromatic heterocycles. The number of aromatic nitrogens is 2. The van der Waals surface area contributed by atoms with Gasteiger partial charge in [0.1, 0.15) is 5.69 Å². The Labute approximate surface area is 123 Å². The summed E-state index contributed by atoms with van der Waals surface area (Å²) in [5.74, 6) is 0.783. The average Bonchev–Trinajstić information content (AvgIpc) is 3.09. The van der Waals surface area contributed by atoms with Gasteiger partial charge in [-0.25, -0.2) is 0 Å². The first-order chi connectivity index (χ1) is 10.1. The first-order valence-electron chi connectivity index (χ1n) is 7.12. The molecule has 112 valence electrons. The number of aliphatic hydroxyl groups is 1. The number of hydrogen-bond acceptors (Lipinski definition) is 6. The molecular formula is C15H20N4O2. The molecule has 6 heteroatoms. The third-order valence-electron chi connectivity index (χ3n) is 3.73. The zero-order valence-electron chi connectivity index (χ0n) is 12.1. The van der Waals surface area contributed by atoms with Crippen molar-refractivity contribution in [2.75, 3.05) is 26.7 Å². The fraction of sp³-hybridized carbons (Fsp3) is 0.467. The third kappa shape index (κ3) is 3.47. The smallest absolute Gasteiger partial charge is 0.151 e. The Bertz CT molecular complexity index is 578. The highest BCUT2D eigenvalue weighted by molar-refractivity contribution is 5.57. The van der Waals surface area contributed by atoms with Gasteiger partial charge in [0.05, 0.1) is 12.1 Å². The van der Waals surface area contributed by atoms with Gasteiger partial charge < -0.3 is 14.9 Å². The lowest BCUT2D eigenvalue weighted by atomic mass is 10.0. The van der Waals surface area contributed by atoms with Gasteiger partial charge in [0.2, 0.25) is 0 Å². The molecule has 6 nitrogen and oxygen atoms in total. The summed E-state index contributed by atoms with van der Waals surface area (Å²) >= 11 is 0. The van der Waals surface area contributed by atoms with Gasteiger partial charge >= 0.3 is 0 Å². The fourth-order valence-corrected chi connectivity index (χ4v) is 2.73. The lowest BCUT2D eigenvalue weighted by Gasteiger charge is -2.27. The molecule has 1 saturated heterocycles. The molecule has 1 atom stereocenters. The van der Waals surface area contributed by atoms with Gasteiger partial charge in [0, 0.05) is 37.1 Å². The molecule has 0 radical (unpaired) electrons. The van der Waals surface area contributed by atoms with Crippen molar-refractivity contribution in [3.8, 4) is 11.3 Å². The SMILES string of the molecule is CN(Cc1cc(-c2cccnc2)no1)C[C@]1(O)CCNC1. The summed E-state index contributed by atoms with van der Waals surface area (Å²) in [6, 6.07) is 5.74. The van der Waals surface area contributed by atoms with Crippen molar-refractivity contribution in [3.63, 3.8) is 0 Å². The Kier molecular flexibility index (Phi) is 4.01. The predicted octanol–water partition coefficient (Wildman–Crippen LogP) is 0.893. The second kappa shape index (κ2) is 5.93. The Morgan fingerprint density at radius 3 is 3.14 bits per heavy atom. The molecule has 0 spiro atoms. The number of nitrogens with zero attached hydrogens (tertiary/aromatic N) is 3. The molecule has 0 amide bonds. The largest absolute Gasteiger partial charge is 0.387 e. The zero-order valence-corrected chi connectivity index (χ0v) is 12.1. The van der Waals surface area contributed by atoms with Crippen LogP contribution in [0.25, 0.3) is 11.3 Å². The number of nitrogens with one attached hydrogen (secondary N) is 1. The molecule has 0 unspecified atom stereocenters. The third-order valence-corrected chi connectivity index (χ3v) is 3.73. The topological polar surface area (TPSA) is 74.4 Å². The number of likely N-dealkylation sites (N-methyl/N-ethyl adjacent to an activating group) is 1. The standard InChI is InChI=1S/C15H20N4O2/c1-19(11-15(20)4-6-17-10-15)9-13-7-14(18-21-13)12-3-2-5-16-8-12/h2-3,5,7-8,17,20H,4,6,9-11H2,1H3/t15-/m0/s1. The molecule has 0 saturated carbocycles. The van der Waals surface area contributed by atoms with E-state index in [1.807, 2.05) is 25.2 Å². The quantitative estimate of drug-likeness (QED) is 0.851. The number of β-amino-alcohol motifs (C(OH)–C–C–N with tert-alkyl or cyclic N) is 1. The molecule has 3 rings (SSSR count).